The highest BCUT2D eigenvalue weighted by molar-refractivity contribution is 7.80. The van der Waals surface area contributed by atoms with Crippen molar-refractivity contribution in [2.75, 3.05) is 13.6 Å². The smallest absolute Gasteiger partial charge is 0.109 e. The molecular weight excluding hydrogens is 398 g/mol. The van der Waals surface area contributed by atoms with Crippen LogP contribution in [-0.4, -0.2) is 35.7 Å². The minimum Gasteiger partial charge on any atom is -0.391 e. The number of aryl methyl sites for hydroxylation is 2. The van der Waals surface area contributed by atoms with Crippen molar-refractivity contribution in [3.63, 3.8) is 0 Å². The normalized spacial score (nSPS) is 16.7. The molecule has 2 aromatic carbocycles. The van der Waals surface area contributed by atoms with E-state index in [-0.39, 0.29) is 6.04 Å². The molecule has 0 saturated heterocycles. The Hall–Kier alpha value is -2.17. The van der Waals surface area contributed by atoms with Crippen LogP contribution in [0.5, 0.6) is 0 Å². The third-order valence-electron chi connectivity index (χ3n) is 5.61. The van der Waals surface area contributed by atoms with Crippen LogP contribution < -0.4 is 5.32 Å². The average Bonchev–Trinajstić information content (AvgIpc) is 2.76. The Morgan fingerprint density at radius 3 is 2.59 bits per heavy atom. The van der Waals surface area contributed by atoms with Crippen molar-refractivity contribution in [2.45, 2.75) is 38.6 Å². The van der Waals surface area contributed by atoms with Crippen molar-refractivity contribution < 1.29 is 0 Å². The molecule has 152 valence electrons. The topological polar surface area (TPSA) is 39.1 Å². The second-order valence-corrected chi connectivity index (χ2v) is 8.13. The van der Waals surface area contributed by atoms with Gasteiger partial charge in [0.05, 0.1) is 6.04 Å². The monoisotopic (exact) mass is 425 g/mol. The van der Waals surface area contributed by atoms with Crippen LogP contribution in [0, 0.1) is 5.41 Å². The molecule has 1 aliphatic heterocycles. The molecule has 1 heterocycles. The fourth-order valence-corrected chi connectivity index (χ4v) is 4.48. The molecule has 0 saturated carbocycles. The van der Waals surface area contributed by atoms with Crippen molar-refractivity contribution in [3.05, 3.63) is 81.5 Å². The average molecular weight is 426 g/mol. The lowest BCUT2D eigenvalue weighted by Gasteiger charge is -2.39. The molecule has 0 aromatic heterocycles. The van der Waals surface area contributed by atoms with E-state index in [0.29, 0.717) is 5.02 Å². The van der Waals surface area contributed by atoms with Crippen LogP contribution in [-0.2, 0) is 12.8 Å². The Morgan fingerprint density at radius 2 is 1.97 bits per heavy atom. The van der Waals surface area contributed by atoms with Gasteiger partial charge in [0.15, 0.2) is 0 Å². The van der Waals surface area contributed by atoms with E-state index >= 15 is 0 Å². The van der Waals surface area contributed by atoms with E-state index in [1.165, 1.54) is 17.3 Å². The number of nitrogens with one attached hydrogen (secondary N) is 2. The highest BCUT2D eigenvalue weighted by Gasteiger charge is 2.30. The zero-order valence-electron chi connectivity index (χ0n) is 17.0. The van der Waals surface area contributed by atoms with Gasteiger partial charge in [-0.3, -0.25) is 0 Å². The van der Waals surface area contributed by atoms with Crippen molar-refractivity contribution in [1.29, 1.82) is 5.41 Å². The summed E-state index contributed by atoms with van der Waals surface area (Å²) in [5.74, 6) is 0. The Labute approximate surface area is 184 Å². The van der Waals surface area contributed by atoms with Crippen LogP contribution in [0.25, 0.3) is 0 Å². The molecule has 5 heteroatoms. The van der Waals surface area contributed by atoms with Crippen LogP contribution in [0.4, 0.5) is 0 Å². The van der Waals surface area contributed by atoms with Crippen LogP contribution in [0.1, 0.15) is 36.5 Å². The second kappa shape index (κ2) is 10.0. The van der Waals surface area contributed by atoms with E-state index in [4.69, 9.17) is 29.2 Å². The molecule has 3 nitrogen and oxygen atoms in total. The fourth-order valence-electron chi connectivity index (χ4n) is 3.94. The molecular formula is C24H28ClN3S. The van der Waals surface area contributed by atoms with Crippen LogP contribution >= 0.6 is 23.8 Å². The van der Waals surface area contributed by atoms with Gasteiger partial charge < -0.3 is 15.6 Å². The standard InChI is InChI=1S/C24H28ClN3S/c1-3-17-7-9-18(10-8-17)11-12-23-21(16-26)22(27-2)13-14-28(23)24(29)19-5-4-6-20(25)15-19/h4-10,15-16,23,26-27H,3,11-14H2,1-2H3. The maximum absolute atomic E-state index is 8.05. The molecule has 0 fully saturated rings. The highest BCUT2D eigenvalue weighted by atomic mass is 35.5. The lowest BCUT2D eigenvalue weighted by atomic mass is 9.91. The minimum absolute atomic E-state index is 0.0704. The van der Waals surface area contributed by atoms with Gasteiger partial charge in [-0.05, 0) is 42.5 Å². The fraction of sp³-hybridized carbons (Fsp3) is 0.333. The van der Waals surface area contributed by atoms with Crippen LogP contribution in [0.2, 0.25) is 5.02 Å². The van der Waals surface area contributed by atoms with Gasteiger partial charge in [-0.2, -0.15) is 0 Å². The largest absolute Gasteiger partial charge is 0.391 e. The van der Waals surface area contributed by atoms with Gasteiger partial charge in [0, 0.05) is 48.1 Å². The van der Waals surface area contributed by atoms with Gasteiger partial charge in [-0.25, -0.2) is 0 Å². The van der Waals surface area contributed by atoms with E-state index in [2.05, 4.69) is 41.4 Å². The first-order valence-electron chi connectivity index (χ1n) is 10.1. The van der Waals surface area contributed by atoms with Crippen LogP contribution in [0.3, 0.4) is 0 Å². The van der Waals surface area contributed by atoms with E-state index in [0.717, 1.165) is 54.1 Å². The molecule has 0 spiro atoms. The minimum atomic E-state index is 0.0704. The first kappa shape index (κ1) is 21.5. The first-order chi connectivity index (χ1) is 14.1. The first-order valence-corrected chi connectivity index (χ1v) is 10.9. The quantitative estimate of drug-likeness (QED) is 0.460. The van der Waals surface area contributed by atoms with Gasteiger partial charge in [0.2, 0.25) is 0 Å². The van der Waals surface area contributed by atoms with Crippen molar-refractivity contribution in [3.8, 4) is 0 Å². The summed E-state index contributed by atoms with van der Waals surface area (Å²) < 4.78 is 0. The third-order valence-corrected chi connectivity index (χ3v) is 6.32. The molecule has 1 atom stereocenters. The Kier molecular flexibility index (Phi) is 7.45. The highest BCUT2D eigenvalue weighted by Crippen LogP contribution is 2.28. The van der Waals surface area contributed by atoms with E-state index < -0.39 is 0 Å². The number of thiocarbonyl (C=S) groups is 1. The van der Waals surface area contributed by atoms with E-state index in [1.807, 2.05) is 31.3 Å². The SMILES string of the molecule is CCc1ccc(CCC2C(C=N)=C(NC)CCN2C(=S)c2cccc(Cl)c2)cc1. The van der Waals surface area contributed by atoms with Crippen molar-refractivity contribution >= 4 is 35.0 Å². The molecule has 1 unspecified atom stereocenters. The molecule has 2 aromatic rings. The predicted octanol–water partition coefficient (Wildman–Crippen LogP) is 5.41. The summed E-state index contributed by atoms with van der Waals surface area (Å²) in [5.41, 5.74) is 5.79. The number of halogens is 1. The van der Waals surface area contributed by atoms with Crippen molar-refractivity contribution in [1.82, 2.24) is 10.2 Å². The van der Waals surface area contributed by atoms with Crippen molar-refractivity contribution in [2.24, 2.45) is 0 Å². The Morgan fingerprint density at radius 1 is 1.24 bits per heavy atom. The molecule has 29 heavy (non-hydrogen) atoms. The van der Waals surface area contributed by atoms with Gasteiger partial charge in [-0.1, -0.05) is 67.1 Å². The van der Waals surface area contributed by atoms with Crippen LogP contribution in [0.15, 0.2) is 59.8 Å². The molecule has 0 radical (unpaired) electrons. The molecule has 0 amide bonds. The van der Waals surface area contributed by atoms with E-state index in [1.54, 1.807) is 0 Å². The molecule has 1 aliphatic rings. The molecule has 3 rings (SSSR count). The summed E-state index contributed by atoms with van der Waals surface area (Å²) in [6.45, 7) is 3.00. The number of nitrogens with zero attached hydrogens (tertiary/aromatic N) is 1. The molecule has 0 aliphatic carbocycles. The second-order valence-electron chi connectivity index (χ2n) is 7.31. The number of hydrogen-bond acceptors (Lipinski definition) is 3. The Bertz CT molecular complexity index is 905. The zero-order valence-corrected chi connectivity index (χ0v) is 18.6. The maximum atomic E-state index is 8.05. The summed E-state index contributed by atoms with van der Waals surface area (Å²) in [5, 5.41) is 12.0. The summed E-state index contributed by atoms with van der Waals surface area (Å²) in [7, 11) is 1.93. The van der Waals surface area contributed by atoms with Gasteiger partial charge in [0.25, 0.3) is 0 Å². The van der Waals surface area contributed by atoms with Gasteiger partial charge >= 0.3 is 0 Å². The predicted molar refractivity (Wildman–Crippen MR) is 127 cm³/mol. The molecule has 0 bridgehead atoms. The summed E-state index contributed by atoms with van der Waals surface area (Å²) in [6.07, 6.45) is 5.24. The van der Waals surface area contributed by atoms with Gasteiger partial charge in [-0.15, -0.1) is 0 Å². The summed E-state index contributed by atoms with van der Waals surface area (Å²) >= 11 is 12.1. The number of rotatable bonds is 7. The summed E-state index contributed by atoms with van der Waals surface area (Å²) in [6, 6.07) is 16.6. The molecule has 2 N–H and O–H groups in total. The number of benzene rings is 2. The van der Waals surface area contributed by atoms with Gasteiger partial charge in [0.1, 0.15) is 4.99 Å². The third kappa shape index (κ3) is 5.06. The summed E-state index contributed by atoms with van der Waals surface area (Å²) in [4.78, 5) is 3.07. The zero-order chi connectivity index (χ0) is 20.8. The number of hydrogen-bond donors (Lipinski definition) is 2. The maximum Gasteiger partial charge on any atom is 0.109 e. The lowest BCUT2D eigenvalue weighted by Crippen LogP contribution is -2.46. The lowest BCUT2D eigenvalue weighted by molar-refractivity contribution is 0.322. The Balaban J connectivity index is 1.86. The van der Waals surface area contributed by atoms with E-state index in [9.17, 15) is 0 Å².